The highest BCUT2D eigenvalue weighted by atomic mass is 35.5. The predicted molar refractivity (Wildman–Crippen MR) is 159 cm³/mol. The van der Waals surface area contributed by atoms with Crippen LogP contribution in [0.5, 0.6) is 0 Å². The van der Waals surface area contributed by atoms with Gasteiger partial charge in [-0.2, -0.15) is 0 Å². The summed E-state index contributed by atoms with van der Waals surface area (Å²) in [5.41, 5.74) is 4.54. The molecule has 5 aromatic rings. The summed E-state index contributed by atoms with van der Waals surface area (Å²) in [4.78, 5) is 29.6. The van der Waals surface area contributed by atoms with Crippen LogP contribution in [0.1, 0.15) is 33.6 Å². The lowest BCUT2D eigenvalue weighted by molar-refractivity contribution is -0.132. The number of benzene rings is 3. The second-order valence-electron chi connectivity index (χ2n) is 10.5. The fourth-order valence-electron chi connectivity index (χ4n) is 5.43. The van der Waals surface area contributed by atoms with E-state index in [1.807, 2.05) is 23.2 Å². The van der Waals surface area contributed by atoms with Crippen LogP contribution in [0, 0.1) is 5.82 Å². The maximum absolute atomic E-state index is 13.2. The lowest BCUT2D eigenvalue weighted by Gasteiger charge is -2.35. The highest BCUT2D eigenvalue weighted by Crippen LogP contribution is 2.24. The molecule has 2 aromatic heterocycles. The molecule has 0 N–H and O–H groups in total. The largest absolute Gasteiger partial charge is 0.341 e. The van der Waals surface area contributed by atoms with Crippen molar-refractivity contribution in [1.82, 2.24) is 29.4 Å². The summed E-state index contributed by atoms with van der Waals surface area (Å²) in [5.74, 6) is -0.212. The maximum atomic E-state index is 13.2. The first-order chi connectivity index (χ1) is 20.4. The predicted octanol–water partition coefficient (Wildman–Crippen LogP) is 5.04. The highest BCUT2D eigenvalue weighted by molar-refractivity contribution is 6.30. The molecule has 0 spiro atoms. The van der Waals surface area contributed by atoms with E-state index in [1.54, 1.807) is 46.0 Å². The van der Waals surface area contributed by atoms with Gasteiger partial charge < -0.3 is 14.4 Å². The molecule has 10 heteroatoms. The van der Waals surface area contributed by atoms with Gasteiger partial charge in [0.05, 0.1) is 19.3 Å². The van der Waals surface area contributed by atoms with E-state index in [2.05, 4.69) is 33.2 Å². The molecule has 0 unspecified atom stereocenters. The zero-order chi connectivity index (χ0) is 29.1. The minimum Gasteiger partial charge on any atom is -0.341 e. The minimum atomic E-state index is -0.265. The molecular weight excluding hydrogens is 555 g/mol. The van der Waals surface area contributed by atoms with Crippen molar-refractivity contribution in [2.75, 3.05) is 26.2 Å². The van der Waals surface area contributed by atoms with Crippen molar-refractivity contribution in [3.63, 3.8) is 0 Å². The smallest absolute Gasteiger partial charge is 0.253 e. The Bertz CT molecular complexity index is 1710. The molecule has 1 saturated heterocycles. The van der Waals surface area contributed by atoms with Crippen molar-refractivity contribution in [3.05, 3.63) is 118 Å². The van der Waals surface area contributed by atoms with Gasteiger partial charge in [-0.25, -0.2) is 9.07 Å². The van der Waals surface area contributed by atoms with Crippen LogP contribution in [0.15, 0.2) is 85.2 Å². The number of fused-ring (bicyclic) bond motifs is 1. The number of hydrogen-bond acceptors (Lipinski definition) is 4. The Hall–Kier alpha value is -4.50. The number of aromatic nitrogens is 4. The quantitative estimate of drug-likeness (QED) is 0.256. The van der Waals surface area contributed by atoms with E-state index in [9.17, 15) is 14.0 Å². The molecule has 0 radical (unpaired) electrons. The molecule has 8 nitrogen and oxygen atoms in total. The zero-order valence-electron chi connectivity index (χ0n) is 23.0. The van der Waals surface area contributed by atoms with Gasteiger partial charge >= 0.3 is 0 Å². The number of rotatable bonds is 8. The molecule has 6 rings (SSSR count). The minimum absolute atomic E-state index is 0.0398. The number of para-hydroxylation sites is 1. The number of aryl methyl sites for hydroxylation is 1. The van der Waals surface area contributed by atoms with E-state index >= 15 is 0 Å². The van der Waals surface area contributed by atoms with Gasteiger partial charge in [-0.1, -0.05) is 47.1 Å². The third-order valence-corrected chi connectivity index (χ3v) is 7.92. The Labute approximate surface area is 247 Å². The molecule has 2 amide bonds. The van der Waals surface area contributed by atoms with Gasteiger partial charge in [-0.15, -0.1) is 5.10 Å². The molecule has 0 bridgehead atoms. The van der Waals surface area contributed by atoms with Crippen LogP contribution < -0.4 is 0 Å². The summed E-state index contributed by atoms with van der Waals surface area (Å²) >= 11 is 5.94. The van der Waals surface area contributed by atoms with Crippen LogP contribution >= 0.6 is 11.6 Å². The molecule has 1 fully saturated rings. The van der Waals surface area contributed by atoms with E-state index in [-0.39, 0.29) is 17.6 Å². The molecular formula is C32H30ClFN6O2. The standard InChI is InChI=1S/C32H30ClFN6O2/c33-26-10-7-24(8-11-26)32(42)38-17-15-37(16-18-38)31(41)14-9-25-20-39(30-4-2-1-3-29(25)30)21-28-22-40(36-35-28)19-23-5-12-27(34)13-6-23/h1-8,10-13,20,22H,9,14-19,21H2. The van der Waals surface area contributed by atoms with Gasteiger partial charge in [-0.3, -0.25) is 9.59 Å². The number of hydrogen-bond donors (Lipinski definition) is 0. The van der Waals surface area contributed by atoms with Gasteiger partial charge in [0, 0.05) is 60.3 Å². The van der Waals surface area contributed by atoms with Gasteiger partial charge in [0.2, 0.25) is 5.91 Å². The number of piperazine rings is 1. The molecule has 0 aliphatic carbocycles. The van der Waals surface area contributed by atoms with Crippen LogP contribution in [0.2, 0.25) is 5.02 Å². The van der Waals surface area contributed by atoms with E-state index in [0.29, 0.717) is 62.7 Å². The van der Waals surface area contributed by atoms with Crippen molar-refractivity contribution in [1.29, 1.82) is 0 Å². The van der Waals surface area contributed by atoms with Crippen LogP contribution in [0.4, 0.5) is 4.39 Å². The number of nitrogens with zero attached hydrogens (tertiary/aromatic N) is 6. The molecule has 0 atom stereocenters. The molecule has 1 aliphatic rings. The lowest BCUT2D eigenvalue weighted by atomic mass is 10.1. The topological polar surface area (TPSA) is 76.3 Å². The SMILES string of the molecule is O=C(CCc1cn(Cc2cn(Cc3ccc(F)cc3)nn2)c2ccccc12)N1CCN(C(=O)c2ccc(Cl)cc2)CC1. The van der Waals surface area contributed by atoms with Crippen LogP contribution in [-0.2, 0) is 24.3 Å². The lowest BCUT2D eigenvalue weighted by Crippen LogP contribution is -2.50. The third kappa shape index (κ3) is 6.21. The molecule has 0 saturated carbocycles. The Morgan fingerprint density at radius 2 is 1.55 bits per heavy atom. The van der Waals surface area contributed by atoms with Crippen LogP contribution in [0.25, 0.3) is 10.9 Å². The van der Waals surface area contributed by atoms with Gasteiger partial charge in [0.1, 0.15) is 11.5 Å². The second-order valence-corrected chi connectivity index (χ2v) is 10.9. The van der Waals surface area contributed by atoms with E-state index in [4.69, 9.17) is 11.6 Å². The molecule has 214 valence electrons. The Morgan fingerprint density at radius 1 is 0.833 bits per heavy atom. The highest BCUT2D eigenvalue weighted by Gasteiger charge is 2.25. The second kappa shape index (κ2) is 12.2. The fraction of sp³-hybridized carbons (Fsp3) is 0.250. The Morgan fingerprint density at radius 3 is 2.31 bits per heavy atom. The average molecular weight is 585 g/mol. The zero-order valence-corrected chi connectivity index (χ0v) is 23.8. The van der Waals surface area contributed by atoms with Crippen LogP contribution in [-0.4, -0.2) is 67.4 Å². The maximum Gasteiger partial charge on any atom is 0.253 e. The number of halogens is 2. The van der Waals surface area contributed by atoms with Gasteiger partial charge in [-0.05, 0) is 60.0 Å². The summed E-state index contributed by atoms with van der Waals surface area (Å²) in [6, 6.07) is 21.4. The van der Waals surface area contributed by atoms with Crippen molar-refractivity contribution >= 4 is 34.3 Å². The first kappa shape index (κ1) is 27.7. The average Bonchev–Trinajstić information content (AvgIpc) is 3.61. The number of carbonyl (C=O) groups excluding carboxylic acids is 2. The van der Waals surface area contributed by atoms with Crippen molar-refractivity contribution in [3.8, 4) is 0 Å². The van der Waals surface area contributed by atoms with E-state index in [0.717, 1.165) is 27.7 Å². The summed E-state index contributed by atoms with van der Waals surface area (Å²) in [5, 5.41) is 10.3. The molecule has 42 heavy (non-hydrogen) atoms. The molecule has 1 aliphatic heterocycles. The fourth-order valence-corrected chi connectivity index (χ4v) is 5.55. The van der Waals surface area contributed by atoms with E-state index in [1.165, 1.54) is 12.1 Å². The Kier molecular flexibility index (Phi) is 8.01. The van der Waals surface area contributed by atoms with Gasteiger partial charge in [0.25, 0.3) is 5.91 Å². The van der Waals surface area contributed by atoms with Crippen LogP contribution in [0.3, 0.4) is 0 Å². The van der Waals surface area contributed by atoms with Crippen molar-refractivity contribution in [2.45, 2.75) is 25.9 Å². The normalized spacial score (nSPS) is 13.6. The van der Waals surface area contributed by atoms with Gasteiger partial charge in [0.15, 0.2) is 0 Å². The number of carbonyl (C=O) groups is 2. The first-order valence-corrected chi connectivity index (χ1v) is 14.3. The van der Waals surface area contributed by atoms with E-state index < -0.39 is 0 Å². The monoisotopic (exact) mass is 584 g/mol. The van der Waals surface area contributed by atoms with Crippen molar-refractivity contribution < 1.29 is 14.0 Å². The van der Waals surface area contributed by atoms with Crippen molar-refractivity contribution in [2.24, 2.45) is 0 Å². The first-order valence-electron chi connectivity index (χ1n) is 14.0. The summed E-state index contributed by atoms with van der Waals surface area (Å²) < 4.78 is 17.1. The third-order valence-electron chi connectivity index (χ3n) is 7.67. The Balaban J connectivity index is 1.06. The number of amides is 2. The summed E-state index contributed by atoms with van der Waals surface area (Å²) in [6.45, 7) is 3.11. The molecule has 3 aromatic carbocycles. The summed E-state index contributed by atoms with van der Waals surface area (Å²) in [7, 11) is 0. The summed E-state index contributed by atoms with van der Waals surface area (Å²) in [6.07, 6.45) is 5.01. The molecule has 3 heterocycles.